The quantitative estimate of drug-likeness (QED) is 0.907. The smallest absolute Gasteiger partial charge is 0.229 e. The molecule has 2 heterocycles. The maximum Gasteiger partial charge on any atom is 0.229 e. The Labute approximate surface area is 124 Å². The Bertz CT molecular complexity index is 573. The molecule has 0 aliphatic carbocycles. The average Bonchev–Trinajstić information content (AvgIpc) is 2.86. The minimum absolute atomic E-state index is 0.214. The second-order valence-electron chi connectivity index (χ2n) is 6.08. The highest BCUT2D eigenvalue weighted by molar-refractivity contribution is 5.20. The number of nitrogens with zero attached hydrogens (tertiary/aromatic N) is 3. The Morgan fingerprint density at radius 1 is 1.33 bits per heavy atom. The van der Waals surface area contributed by atoms with Crippen molar-refractivity contribution in [2.75, 3.05) is 7.11 Å². The lowest BCUT2D eigenvalue weighted by Gasteiger charge is -2.24. The number of ether oxygens (including phenoxy) is 1. The van der Waals surface area contributed by atoms with Gasteiger partial charge in [-0.2, -0.15) is 4.98 Å². The fourth-order valence-corrected chi connectivity index (χ4v) is 1.74. The Balaban J connectivity index is 1.99. The zero-order valence-electron chi connectivity index (χ0n) is 12.8. The van der Waals surface area contributed by atoms with E-state index in [-0.39, 0.29) is 5.41 Å². The second kappa shape index (κ2) is 6.22. The molecule has 6 nitrogen and oxygen atoms in total. The molecule has 0 aliphatic rings. The first-order valence-electron chi connectivity index (χ1n) is 6.87. The van der Waals surface area contributed by atoms with Crippen LogP contribution >= 0.6 is 0 Å². The van der Waals surface area contributed by atoms with Gasteiger partial charge in [-0.25, -0.2) is 4.98 Å². The van der Waals surface area contributed by atoms with Crippen molar-refractivity contribution >= 4 is 0 Å². The normalized spacial score (nSPS) is 13.2. The van der Waals surface area contributed by atoms with Crippen LogP contribution in [0.4, 0.5) is 0 Å². The molecule has 2 rings (SSSR count). The molecule has 0 fully saturated rings. The van der Waals surface area contributed by atoms with Crippen LogP contribution in [0.1, 0.15) is 38.0 Å². The van der Waals surface area contributed by atoms with Crippen molar-refractivity contribution in [3.05, 3.63) is 35.6 Å². The van der Waals surface area contributed by atoms with Crippen molar-refractivity contribution in [2.45, 2.75) is 39.7 Å². The molecule has 0 spiro atoms. The van der Waals surface area contributed by atoms with Gasteiger partial charge in [0, 0.05) is 18.7 Å². The molecule has 1 unspecified atom stereocenters. The van der Waals surface area contributed by atoms with Crippen molar-refractivity contribution in [1.82, 2.24) is 15.1 Å². The fourth-order valence-electron chi connectivity index (χ4n) is 1.74. The third-order valence-electron chi connectivity index (χ3n) is 3.25. The van der Waals surface area contributed by atoms with Gasteiger partial charge in [-0.3, -0.25) is 0 Å². The summed E-state index contributed by atoms with van der Waals surface area (Å²) in [4.78, 5) is 8.44. The molecule has 0 bridgehead atoms. The van der Waals surface area contributed by atoms with Crippen LogP contribution in [0.15, 0.2) is 22.9 Å². The summed E-state index contributed by atoms with van der Waals surface area (Å²) in [6.07, 6.45) is 2.09. The van der Waals surface area contributed by atoms with Crippen LogP contribution in [0, 0.1) is 5.41 Å². The number of hydrogen-bond donors (Lipinski definition) is 1. The summed E-state index contributed by atoms with van der Waals surface area (Å²) in [7, 11) is 1.58. The van der Waals surface area contributed by atoms with Gasteiger partial charge in [0.1, 0.15) is 0 Å². The molecule has 0 amide bonds. The first-order chi connectivity index (χ1) is 9.88. The van der Waals surface area contributed by atoms with E-state index in [9.17, 15) is 5.11 Å². The Hall–Kier alpha value is -1.95. The van der Waals surface area contributed by atoms with Crippen LogP contribution in [0.2, 0.25) is 0 Å². The lowest BCUT2D eigenvalue weighted by molar-refractivity contribution is 0.0565. The minimum atomic E-state index is -0.520. The van der Waals surface area contributed by atoms with E-state index in [4.69, 9.17) is 9.26 Å². The number of hydrogen-bond acceptors (Lipinski definition) is 6. The minimum Gasteiger partial charge on any atom is -0.481 e. The molecule has 0 radical (unpaired) electrons. The molecule has 2 aromatic rings. The number of pyridine rings is 1. The first kappa shape index (κ1) is 15.4. The van der Waals surface area contributed by atoms with Gasteiger partial charge in [-0.1, -0.05) is 32.0 Å². The molecule has 0 aliphatic heterocycles. The van der Waals surface area contributed by atoms with E-state index in [1.54, 1.807) is 19.4 Å². The van der Waals surface area contributed by atoms with E-state index in [2.05, 4.69) is 15.1 Å². The van der Waals surface area contributed by atoms with E-state index in [1.807, 2.05) is 26.8 Å². The SMILES string of the molecule is COc1ccc(Cc2noc(CC(O)C(C)(C)C)n2)cn1. The maximum absolute atomic E-state index is 10.0. The predicted octanol–water partition coefficient (Wildman–Crippen LogP) is 2.01. The van der Waals surface area contributed by atoms with Gasteiger partial charge in [0.25, 0.3) is 0 Å². The lowest BCUT2D eigenvalue weighted by atomic mass is 9.87. The summed E-state index contributed by atoms with van der Waals surface area (Å²) in [5.74, 6) is 1.60. The molecule has 1 atom stereocenters. The third kappa shape index (κ3) is 4.26. The van der Waals surface area contributed by atoms with Crippen LogP contribution in [0.25, 0.3) is 0 Å². The topological polar surface area (TPSA) is 81.3 Å². The van der Waals surface area contributed by atoms with E-state index in [0.29, 0.717) is 30.4 Å². The fraction of sp³-hybridized carbons (Fsp3) is 0.533. The average molecular weight is 291 g/mol. The molecule has 21 heavy (non-hydrogen) atoms. The van der Waals surface area contributed by atoms with Crippen LogP contribution in [-0.4, -0.2) is 33.4 Å². The molecule has 0 saturated heterocycles. The van der Waals surface area contributed by atoms with Crippen molar-refractivity contribution in [3.63, 3.8) is 0 Å². The summed E-state index contributed by atoms with van der Waals surface area (Å²) in [5.41, 5.74) is 0.758. The van der Waals surface area contributed by atoms with Crippen LogP contribution in [-0.2, 0) is 12.8 Å². The van der Waals surface area contributed by atoms with Gasteiger partial charge >= 0.3 is 0 Å². The highest BCUT2D eigenvalue weighted by Crippen LogP contribution is 2.22. The molecule has 0 aromatic carbocycles. The Kier molecular flexibility index (Phi) is 4.57. The summed E-state index contributed by atoms with van der Waals surface area (Å²) in [6.45, 7) is 5.91. The summed E-state index contributed by atoms with van der Waals surface area (Å²) >= 11 is 0. The van der Waals surface area contributed by atoms with Gasteiger partial charge in [-0.05, 0) is 11.0 Å². The van der Waals surface area contributed by atoms with Crippen molar-refractivity contribution < 1.29 is 14.4 Å². The zero-order chi connectivity index (χ0) is 15.5. The summed E-state index contributed by atoms with van der Waals surface area (Å²) in [5, 5.41) is 14.0. The number of aliphatic hydroxyl groups excluding tert-OH is 1. The number of aromatic nitrogens is 3. The lowest BCUT2D eigenvalue weighted by Crippen LogP contribution is -2.28. The van der Waals surface area contributed by atoms with Gasteiger partial charge < -0.3 is 14.4 Å². The van der Waals surface area contributed by atoms with E-state index < -0.39 is 6.10 Å². The van der Waals surface area contributed by atoms with E-state index in [1.165, 1.54) is 0 Å². The number of methoxy groups -OCH3 is 1. The molecule has 1 N–H and O–H groups in total. The zero-order valence-corrected chi connectivity index (χ0v) is 12.8. The molecule has 0 saturated carbocycles. The van der Waals surface area contributed by atoms with Crippen molar-refractivity contribution in [3.8, 4) is 5.88 Å². The van der Waals surface area contributed by atoms with Gasteiger partial charge in [0.15, 0.2) is 5.82 Å². The van der Waals surface area contributed by atoms with Gasteiger partial charge in [0.2, 0.25) is 11.8 Å². The van der Waals surface area contributed by atoms with E-state index >= 15 is 0 Å². The molecule has 6 heteroatoms. The van der Waals surface area contributed by atoms with Gasteiger partial charge in [0.05, 0.1) is 19.6 Å². The second-order valence-corrected chi connectivity index (χ2v) is 6.08. The van der Waals surface area contributed by atoms with E-state index in [0.717, 1.165) is 5.56 Å². The van der Waals surface area contributed by atoms with Crippen LogP contribution in [0.3, 0.4) is 0 Å². The highest BCUT2D eigenvalue weighted by Gasteiger charge is 2.24. The number of aliphatic hydroxyl groups is 1. The summed E-state index contributed by atoms with van der Waals surface area (Å²) < 4.78 is 10.2. The van der Waals surface area contributed by atoms with Crippen molar-refractivity contribution in [1.29, 1.82) is 0 Å². The highest BCUT2D eigenvalue weighted by atomic mass is 16.5. The van der Waals surface area contributed by atoms with Crippen LogP contribution < -0.4 is 4.74 Å². The predicted molar refractivity (Wildman–Crippen MR) is 77.1 cm³/mol. The standard InChI is InChI=1S/C15H21N3O3/c1-15(2,3)11(19)8-14-17-12(18-21-14)7-10-5-6-13(20-4)16-9-10/h5-6,9,11,19H,7-8H2,1-4H3. The number of rotatable bonds is 5. The summed E-state index contributed by atoms with van der Waals surface area (Å²) in [6, 6.07) is 3.70. The molecular formula is C15H21N3O3. The molecular weight excluding hydrogens is 270 g/mol. The van der Waals surface area contributed by atoms with Gasteiger partial charge in [-0.15, -0.1) is 0 Å². The molecule has 114 valence electrons. The maximum atomic E-state index is 10.0. The first-order valence-corrected chi connectivity index (χ1v) is 6.87. The van der Waals surface area contributed by atoms with Crippen molar-refractivity contribution in [2.24, 2.45) is 5.41 Å². The largest absolute Gasteiger partial charge is 0.481 e. The van der Waals surface area contributed by atoms with Crippen LogP contribution in [0.5, 0.6) is 5.88 Å². The third-order valence-corrected chi connectivity index (χ3v) is 3.25. The Morgan fingerprint density at radius 3 is 2.67 bits per heavy atom. The monoisotopic (exact) mass is 291 g/mol. The molecule has 2 aromatic heterocycles. The Morgan fingerprint density at radius 2 is 2.10 bits per heavy atom.